The molecular weight excluding hydrogens is 348 g/mol. The summed E-state index contributed by atoms with van der Waals surface area (Å²) in [5.41, 5.74) is 4.77. The second-order valence-corrected chi connectivity index (χ2v) is 8.87. The minimum absolute atomic E-state index is 0.121. The maximum Gasteiger partial charge on any atom is 0.251 e. The quantitative estimate of drug-likeness (QED) is 0.877. The number of amides is 1. The van der Waals surface area contributed by atoms with Crippen molar-refractivity contribution in [3.63, 3.8) is 0 Å². The van der Waals surface area contributed by atoms with Crippen LogP contribution in [0.25, 0.3) is 0 Å². The first-order valence-electron chi connectivity index (χ1n) is 8.72. The highest BCUT2D eigenvalue weighted by Crippen LogP contribution is 2.25. The third-order valence-electron chi connectivity index (χ3n) is 4.94. The van der Waals surface area contributed by atoms with Gasteiger partial charge in [0.15, 0.2) is 0 Å². The number of carbonyl (C=O) groups excluding carboxylic acids is 1. The lowest BCUT2D eigenvalue weighted by Crippen LogP contribution is -2.28. The van der Waals surface area contributed by atoms with Crippen LogP contribution < -0.4 is 9.62 Å². The molecule has 26 heavy (non-hydrogen) atoms. The Bertz CT molecular complexity index is 938. The summed E-state index contributed by atoms with van der Waals surface area (Å²) in [7, 11) is -1.90. The third kappa shape index (κ3) is 3.90. The number of nitrogens with one attached hydrogen (secondary N) is 1. The van der Waals surface area contributed by atoms with Gasteiger partial charge in [0, 0.05) is 12.6 Å². The molecule has 0 bridgehead atoms. The molecule has 0 radical (unpaired) electrons. The fourth-order valence-corrected chi connectivity index (χ4v) is 3.76. The minimum atomic E-state index is -3.37. The number of hydrogen-bond acceptors (Lipinski definition) is 3. The molecule has 0 saturated heterocycles. The molecule has 1 aliphatic carbocycles. The average molecular weight is 372 g/mol. The lowest BCUT2D eigenvalue weighted by molar-refractivity contribution is 0.0940. The molecule has 2 aromatic carbocycles. The summed E-state index contributed by atoms with van der Waals surface area (Å²) in [6, 6.07) is 12.9. The largest absolute Gasteiger partial charge is 0.346 e. The molecule has 6 heteroatoms. The zero-order chi connectivity index (χ0) is 18.9. The molecule has 0 heterocycles. The number of benzene rings is 2. The molecule has 1 N–H and O–H groups in total. The van der Waals surface area contributed by atoms with Crippen molar-refractivity contribution in [2.45, 2.75) is 32.2 Å². The van der Waals surface area contributed by atoms with Crippen molar-refractivity contribution in [3.05, 3.63) is 64.7 Å². The van der Waals surface area contributed by atoms with E-state index in [-0.39, 0.29) is 11.9 Å². The Morgan fingerprint density at radius 2 is 1.85 bits per heavy atom. The van der Waals surface area contributed by atoms with Crippen LogP contribution in [-0.4, -0.2) is 27.6 Å². The molecule has 1 atom stereocenters. The predicted molar refractivity (Wildman–Crippen MR) is 104 cm³/mol. The van der Waals surface area contributed by atoms with Crippen LogP contribution in [0.15, 0.2) is 42.5 Å². The number of rotatable bonds is 5. The monoisotopic (exact) mass is 372 g/mol. The minimum Gasteiger partial charge on any atom is -0.346 e. The van der Waals surface area contributed by atoms with E-state index < -0.39 is 10.0 Å². The Morgan fingerprint density at radius 3 is 2.58 bits per heavy atom. The molecule has 2 aromatic rings. The smallest absolute Gasteiger partial charge is 0.251 e. The zero-order valence-corrected chi connectivity index (χ0v) is 16.1. The summed E-state index contributed by atoms with van der Waals surface area (Å²) >= 11 is 0. The fraction of sp³-hybridized carbons (Fsp3) is 0.350. The molecule has 0 aliphatic heterocycles. The van der Waals surface area contributed by atoms with Crippen molar-refractivity contribution in [2.75, 3.05) is 17.6 Å². The molecule has 138 valence electrons. The number of nitrogens with zero attached hydrogens (tertiary/aromatic N) is 1. The molecule has 0 saturated carbocycles. The fourth-order valence-electron chi connectivity index (χ4n) is 3.26. The molecule has 1 amide bonds. The standard InChI is InChI=1S/C20H24N2O3S/c1-14(16-11-10-15-6-4-7-17(15)12-16)21-20(23)18-8-5-9-19(13-18)22(2)26(3,24)25/h5,8-14H,4,6-7H2,1-3H3,(H,21,23)/t14-/m1/s1. The van der Waals surface area contributed by atoms with Gasteiger partial charge < -0.3 is 5.32 Å². The van der Waals surface area contributed by atoms with Crippen LogP contribution in [0.5, 0.6) is 0 Å². The Morgan fingerprint density at radius 1 is 1.12 bits per heavy atom. The third-order valence-corrected chi connectivity index (χ3v) is 6.15. The SMILES string of the molecule is C[C@@H](NC(=O)c1cccc(N(C)S(C)(=O)=O)c1)c1ccc2c(c1)CCC2. The van der Waals surface area contributed by atoms with Gasteiger partial charge in [-0.15, -0.1) is 0 Å². The zero-order valence-electron chi connectivity index (χ0n) is 15.3. The van der Waals surface area contributed by atoms with Gasteiger partial charge in [-0.25, -0.2) is 8.42 Å². The Balaban J connectivity index is 1.75. The van der Waals surface area contributed by atoms with Crippen LogP contribution in [0.3, 0.4) is 0 Å². The number of aryl methyl sites for hydroxylation is 2. The second kappa shape index (κ2) is 7.11. The molecule has 3 rings (SSSR count). The van der Waals surface area contributed by atoms with Crippen LogP contribution in [0.2, 0.25) is 0 Å². The number of sulfonamides is 1. The van der Waals surface area contributed by atoms with Crippen molar-refractivity contribution < 1.29 is 13.2 Å². The van der Waals surface area contributed by atoms with Gasteiger partial charge in [0.2, 0.25) is 10.0 Å². The van der Waals surface area contributed by atoms with E-state index in [2.05, 4.69) is 23.5 Å². The molecule has 0 aromatic heterocycles. The molecule has 1 aliphatic rings. The molecule has 0 unspecified atom stereocenters. The highest BCUT2D eigenvalue weighted by molar-refractivity contribution is 7.92. The second-order valence-electron chi connectivity index (χ2n) is 6.86. The first-order chi connectivity index (χ1) is 12.3. The van der Waals surface area contributed by atoms with E-state index in [9.17, 15) is 13.2 Å². The highest BCUT2D eigenvalue weighted by atomic mass is 32.2. The van der Waals surface area contributed by atoms with Gasteiger partial charge in [0.1, 0.15) is 0 Å². The lowest BCUT2D eigenvalue weighted by Gasteiger charge is -2.18. The lowest BCUT2D eigenvalue weighted by atomic mass is 10.0. The van der Waals surface area contributed by atoms with Crippen molar-refractivity contribution in [3.8, 4) is 0 Å². The molecular formula is C20H24N2O3S. The van der Waals surface area contributed by atoms with Gasteiger partial charge in [-0.05, 0) is 61.1 Å². The number of fused-ring (bicyclic) bond motifs is 1. The summed E-state index contributed by atoms with van der Waals surface area (Å²) in [5.74, 6) is -0.221. The molecule has 0 spiro atoms. The maximum atomic E-state index is 12.6. The van der Waals surface area contributed by atoms with Gasteiger partial charge in [-0.2, -0.15) is 0 Å². The van der Waals surface area contributed by atoms with E-state index in [1.54, 1.807) is 24.3 Å². The average Bonchev–Trinajstić information content (AvgIpc) is 3.08. The van der Waals surface area contributed by atoms with Gasteiger partial charge >= 0.3 is 0 Å². The van der Waals surface area contributed by atoms with Gasteiger partial charge in [-0.1, -0.05) is 24.3 Å². The van der Waals surface area contributed by atoms with E-state index in [0.717, 1.165) is 29.0 Å². The molecule has 0 fully saturated rings. The van der Waals surface area contributed by atoms with E-state index in [1.165, 1.54) is 24.6 Å². The summed E-state index contributed by atoms with van der Waals surface area (Å²) in [6.07, 6.45) is 4.57. The van der Waals surface area contributed by atoms with Gasteiger partial charge in [0.25, 0.3) is 5.91 Å². The van der Waals surface area contributed by atoms with Gasteiger partial charge in [0.05, 0.1) is 18.0 Å². The highest BCUT2D eigenvalue weighted by Gasteiger charge is 2.17. The van der Waals surface area contributed by atoms with Crippen LogP contribution in [0, 0.1) is 0 Å². The summed E-state index contributed by atoms with van der Waals surface area (Å²) in [5, 5.41) is 3.00. The molecule has 5 nitrogen and oxygen atoms in total. The topological polar surface area (TPSA) is 66.5 Å². The Hall–Kier alpha value is -2.34. The van der Waals surface area contributed by atoms with Crippen LogP contribution >= 0.6 is 0 Å². The first kappa shape index (κ1) is 18.5. The number of anilines is 1. The van der Waals surface area contributed by atoms with E-state index in [4.69, 9.17) is 0 Å². The van der Waals surface area contributed by atoms with Crippen molar-refractivity contribution >= 4 is 21.6 Å². The summed E-state index contributed by atoms with van der Waals surface area (Å²) in [4.78, 5) is 12.6. The van der Waals surface area contributed by atoms with E-state index >= 15 is 0 Å². The Kier molecular flexibility index (Phi) is 5.05. The summed E-state index contributed by atoms with van der Waals surface area (Å²) < 4.78 is 24.5. The van der Waals surface area contributed by atoms with Crippen LogP contribution in [-0.2, 0) is 22.9 Å². The summed E-state index contributed by atoms with van der Waals surface area (Å²) in [6.45, 7) is 1.96. The maximum absolute atomic E-state index is 12.6. The van der Waals surface area contributed by atoms with Crippen molar-refractivity contribution in [2.24, 2.45) is 0 Å². The van der Waals surface area contributed by atoms with Crippen LogP contribution in [0.4, 0.5) is 5.69 Å². The van der Waals surface area contributed by atoms with Crippen molar-refractivity contribution in [1.82, 2.24) is 5.32 Å². The van der Waals surface area contributed by atoms with Crippen molar-refractivity contribution in [1.29, 1.82) is 0 Å². The van der Waals surface area contributed by atoms with Gasteiger partial charge in [-0.3, -0.25) is 9.10 Å². The number of hydrogen-bond donors (Lipinski definition) is 1. The van der Waals surface area contributed by atoms with E-state index in [0.29, 0.717) is 11.3 Å². The van der Waals surface area contributed by atoms with E-state index in [1.807, 2.05) is 6.92 Å². The predicted octanol–water partition coefficient (Wildman–Crippen LogP) is 3.06. The first-order valence-corrected chi connectivity index (χ1v) is 10.6. The number of carbonyl (C=O) groups is 1. The normalized spacial score (nSPS) is 14.6. The Labute approximate surface area is 155 Å². The van der Waals surface area contributed by atoms with Crippen LogP contribution in [0.1, 0.15) is 46.4 Å².